The van der Waals surface area contributed by atoms with Crippen LogP contribution in [0.25, 0.3) is 0 Å². The number of benzene rings is 2. The van der Waals surface area contributed by atoms with Crippen molar-refractivity contribution in [2.75, 3.05) is 0 Å². The Bertz CT molecular complexity index is 824. The monoisotopic (exact) mass is 396 g/mol. The summed E-state index contributed by atoms with van der Waals surface area (Å²) >= 11 is 0. The average Bonchev–Trinajstić information content (AvgIpc) is 2.58. The van der Waals surface area contributed by atoms with Crippen LogP contribution in [0, 0.1) is 5.82 Å². The molecule has 0 aromatic heterocycles. The summed E-state index contributed by atoms with van der Waals surface area (Å²) in [5, 5.41) is 0. The molecule has 0 amide bonds. The largest absolute Gasteiger partial charge is 0.207 e. The van der Waals surface area contributed by atoms with Crippen LogP contribution < -0.4 is 0 Å². The van der Waals surface area contributed by atoms with Gasteiger partial charge in [-0.2, -0.15) is 0 Å². The topological polar surface area (TPSA) is 0 Å². The molecule has 0 saturated heterocycles. The number of halogens is 1. The molecule has 160 valence electrons. The van der Waals surface area contributed by atoms with E-state index in [1.165, 1.54) is 11.1 Å². The Morgan fingerprint density at radius 2 is 0.966 bits per heavy atom. The van der Waals surface area contributed by atoms with Gasteiger partial charge in [-0.15, -0.1) is 0 Å². The van der Waals surface area contributed by atoms with Crippen LogP contribution in [0.3, 0.4) is 0 Å². The second-order valence-corrected chi connectivity index (χ2v) is 12.0. The van der Waals surface area contributed by atoms with Gasteiger partial charge in [-0.1, -0.05) is 106 Å². The van der Waals surface area contributed by atoms with Crippen LogP contribution in [0.5, 0.6) is 0 Å². The van der Waals surface area contributed by atoms with E-state index in [2.05, 4.69) is 99.6 Å². The van der Waals surface area contributed by atoms with Gasteiger partial charge in [0.2, 0.25) is 0 Å². The van der Waals surface area contributed by atoms with Crippen molar-refractivity contribution in [3.63, 3.8) is 0 Å². The fourth-order valence-electron chi connectivity index (χ4n) is 3.88. The molecule has 0 unspecified atom stereocenters. The van der Waals surface area contributed by atoms with Crippen LogP contribution in [-0.4, -0.2) is 0 Å². The maximum absolute atomic E-state index is 14.7. The molecular weight excluding hydrogens is 355 g/mol. The van der Waals surface area contributed by atoms with Gasteiger partial charge in [0.05, 0.1) is 0 Å². The summed E-state index contributed by atoms with van der Waals surface area (Å²) in [6.45, 7) is 22.0. The Kier molecular flexibility index (Phi) is 6.44. The lowest BCUT2D eigenvalue weighted by Gasteiger charge is -2.33. The Morgan fingerprint density at radius 1 is 0.552 bits per heavy atom. The SMILES string of the molecule is CC(C)(C)c1ccc(C(C)(C)CCC(C)(C)c2ccc(C(C)(C)C)c(F)c2)cc1. The molecule has 0 N–H and O–H groups in total. The summed E-state index contributed by atoms with van der Waals surface area (Å²) < 4.78 is 14.7. The molecule has 0 fully saturated rings. The average molecular weight is 397 g/mol. The molecule has 29 heavy (non-hydrogen) atoms. The third-order valence-electron chi connectivity index (χ3n) is 6.47. The van der Waals surface area contributed by atoms with Gasteiger partial charge in [-0.3, -0.25) is 0 Å². The molecule has 0 aliphatic heterocycles. The lowest BCUT2D eigenvalue weighted by atomic mass is 9.72. The number of hydrogen-bond donors (Lipinski definition) is 0. The summed E-state index contributed by atoms with van der Waals surface area (Å²) in [5.41, 5.74) is 4.62. The molecule has 0 nitrogen and oxygen atoms in total. The number of hydrogen-bond acceptors (Lipinski definition) is 0. The summed E-state index contributed by atoms with van der Waals surface area (Å²) in [4.78, 5) is 0. The first-order chi connectivity index (χ1) is 13.0. The minimum atomic E-state index is -0.173. The highest BCUT2D eigenvalue weighted by atomic mass is 19.1. The Balaban J connectivity index is 2.17. The standard InChI is InChI=1S/C28H41F/c1-25(2,3)20-11-13-21(14-12-20)27(7,8)17-18-28(9,10)22-15-16-23(24(29)19-22)26(4,5)6/h11-16,19H,17-18H2,1-10H3. The van der Waals surface area contributed by atoms with Crippen molar-refractivity contribution in [3.05, 3.63) is 70.5 Å². The van der Waals surface area contributed by atoms with E-state index in [1.54, 1.807) is 6.07 Å². The van der Waals surface area contributed by atoms with Gasteiger partial charge in [0.25, 0.3) is 0 Å². The van der Waals surface area contributed by atoms with E-state index in [4.69, 9.17) is 0 Å². The lowest BCUT2D eigenvalue weighted by Crippen LogP contribution is -2.25. The lowest BCUT2D eigenvalue weighted by molar-refractivity contribution is 0.373. The van der Waals surface area contributed by atoms with E-state index in [0.29, 0.717) is 0 Å². The first kappa shape index (κ1) is 23.6. The van der Waals surface area contributed by atoms with Crippen LogP contribution in [-0.2, 0) is 21.7 Å². The third kappa shape index (κ3) is 5.71. The summed E-state index contributed by atoms with van der Waals surface area (Å²) in [7, 11) is 0. The van der Waals surface area contributed by atoms with Crippen molar-refractivity contribution in [3.8, 4) is 0 Å². The molecule has 0 aliphatic rings. The second-order valence-electron chi connectivity index (χ2n) is 12.0. The van der Waals surface area contributed by atoms with Crippen LogP contribution in [0.4, 0.5) is 4.39 Å². The van der Waals surface area contributed by atoms with E-state index >= 15 is 0 Å². The molecule has 2 aromatic carbocycles. The zero-order chi connectivity index (χ0) is 22.3. The molecule has 0 atom stereocenters. The van der Waals surface area contributed by atoms with E-state index in [9.17, 15) is 4.39 Å². The minimum Gasteiger partial charge on any atom is -0.207 e. The second kappa shape index (κ2) is 7.89. The zero-order valence-corrected chi connectivity index (χ0v) is 20.3. The molecule has 0 saturated carbocycles. The predicted molar refractivity (Wildman–Crippen MR) is 126 cm³/mol. The van der Waals surface area contributed by atoms with E-state index in [1.807, 2.05) is 6.07 Å². The highest BCUT2D eigenvalue weighted by Crippen LogP contribution is 2.38. The molecule has 0 heterocycles. The predicted octanol–water partition coefficient (Wildman–Crippen LogP) is 8.46. The van der Waals surface area contributed by atoms with E-state index in [-0.39, 0.29) is 27.5 Å². The molecule has 0 bridgehead atoms. The molecule has 0 aliphatic carbocycles. The maximum Gasteiger partial charge on any atom is 0.127 e. The van der Waals surface area contributed by atoms with Gasteiger partial charge >= 0.3 is 0 Å². The molecule has 2 rings (SSSR count). The van der Waals surface area contributed by atoms with Crippen molar-refractivity contribution in [2.45, 2.75) is 104 Å². The fourth-order valence-corrected chi connectivity index (χ4v) is 3.88. The van der Waals surface area contributed by atoms with Crippen LogP contribution in [0.2, 0.25) is 0 Å². The Hall–Kier alpha value is -1.63. The van der Waals surface area contributed by atoms with E-state index < -0.39 is 0 Å². The summed E-state index contributed by atoms with van der Waals surface area (Å²) in [5.74, 6) is -0.0832. The van der Waals surface area contributed by atoms with Crippen molar-refractivity contribution >= 4 is 0 Å². The first-order valence-corrected chi connectivity index (χ1v) is 11.0. The van der Waals surface area contributed by atoms with Gasteiger partial charge in [0.15, 0.2) is 0 Å². The highest BCUT2D eigenvalue weighted by Gasteiger charge is 2.29. The van der Waals surface area contributed by atoms with Crippen molar-refractivity contribution in [1.82, 2.24) is 0 Å². The van der Waals surface area contributed by atoms with Gasteiger partial charge < -0.3 is 0 Å². The van der Waals surface area contributed by atoms with Crippen LogP contribution in [0.1, 0.15) is 104 Å². The van der Waals surface area contributed by atoms with Gasteiger partial charge in [-0.25, -0.2) is 4.39 Å². The molecular formula is C28H41F. The van der Waals surface area contributed by atoms with Gasteiger partial charge in [0, 0.05) is 0 Å². The summed E-state index contributed by atoms with van der Waals surface area (Å²) in [6.07, 6.45) is 2.06. The molecule has 2 aromatic rings. The summed E-state index contributed by atoms with van der Waals surface area (Å²) in [6, 6.07) is 15.0. The first-order valence-electron chi connectivity index (χ1n) is 11.0. The fraction of sp³-hybridized carbons (Fsp3) is 0.571. The smallest absolute Gasteiger partial charge is 0.127 e. The number of rotatable bonds is 5. The van der Waals surface area contributed by atoms with Crippen molar-refractivity contribution in [2.24, 2.45) is 0 Å². The maximum atomic E-state index is 14.7. The van der Waals surface area contributed by atoms with E-state index in [0.717, 1.165) is 24.0 Å². The molecule has 0 radical (unpaired) electrons. The normalized spacial score (nSPS) is 13.6. The molecule has 0 spiro atoms. The van der Waals surface area contributed by atoms with Crippen molar-refractivity contribution < 1.29 is 4.39 Å². The quantitative estimate of drug-likeness (QED) is 0.475. The molecule has 1 heteroatoms. The third-order valence-corrected chi connectivity index (χ3v) is 6.47. The van der Waals surface area contributed by atoms with Crippen LogP contribution >= 0.6 is 0 Å². The Morgan fingerprint density at radius 3 is 1.38 bits per heavy atom. The zero-order valence-electron chi connectivity index (χ0n) is 20.3. The Labute approximate surface area is 178 Å². The minimum absolute atomic E-state index is 0.0696. The van der Waals surface area contributed by atoms with Crippen LogP contribution in [0.15, 0.2) is 42.5 Å². The van der Waals surface area contributed by atoms with Crippen molar-refractivity contribution in [1.29, 1.82) is 0 Å². The van der Waals surface area contributed by atoms with Gasteiger partial charge in [-0.05, 0) is 62.8 Å². The highest BCUT2D eigenvalue weighted by molar-refractivity contribution is 5.34. The van der Waals surface area contributed by atoms with Gasteiger partial charge in [0.1, 0.15) is 5.82 Å².